The maximum atomic E-state index is 12.1. The highest BCUT2D eigenvalue weighted by molar-refractivity contribution is 6.32. The van der Waals surface area contributed by atoms with Crippen LogP contribution in [-0.4, -0.2) is 17.6 Å². The number of esters is 1. The third kappa shape index (κ3) is 3.79. The minimum absolute atomic E-state index is 0.0217. The number of hydrogen-bond donors (Lipinski definition) is 0. The molecule has 0 atom stereocenters. The molecule has 0 bridgehead atoms. The van der Waals surface area contributed by atoms with Gasteiger partial charge in [-0.2, -0.15) is 5.26 Å². The SMILES string of the molecule is CCOC(=O)c1c(Cl)nc(C)c(C#N)c1OCc1ccccc1. The molecule has 1 aromatic carbocycles. The first-order valence-electron chi connectivity index (χ1n) is 7.02. The Labute approximate surface area is 139 Å². The van der Waals surface area contributed by atoms with Crippen LogP contribution in [0.25, 0.3) is 0 Å². The second-order valence-electron chi connectivity index (χ2n) is 4.67. The molecule has 23 heavy (non-hydrogen) atoms. The average Bonchev–Trinajstić information content (AvgIpc) is 2.53. The Kier molecular flexibility index (Phi) is 5.56. The predicted molar refractivity (Wildman–Crippen MR) is 85.4 cm³/mol. The van der Waals surface area contributed by atoms with Gasteiger partial charge in [0.15, 0.2) is 5.75 Å². The number of rotatable bonds is 5. The number of ether oxygens (including phenoxy) is 2. The quantitative estimate of drug-likeness (QED) is 0.617. The Morgan fingerprint density at radius 1 is 1.35 bits per heavy atom. The lowest BCUT2D eigenvalue weighted by atomic mass is 10.1. The van der Waals surface area contributed by atoms with Crippen LogP contribution in [-0.2, 0) is 11.3 Å². The maximum Gasteiger partial charge on any atom is 0.345 e. The van der Waals surface area contributed by atoms with Crippen molar-refractivity contribution >= 4 is 17.6 Å². The van der Waals surface area contributed by atoms with E-state index in [4.69, 9.17) is 21.1 Å². The van der Waals surface area contributed by atoms with E-state index in [1.54, 1.807) is 13.8 Å². The molecule has 0 aliphatic rings. The summed E-state index contributed by atoms with van der Waals surface area (Å²) in [5, 5.41) is 9.32. The fourth-order valence-electron chi connectivity index (χ4n) is 2.03. The van der Waals surface area contributed by atoms with Crippen LogP contribution in [0, 0.1) is 18.3 Å². The van der Waals surface area contributed by atoms with Gasteiger partial charge in [0.05, 0.1) is 12.3 Å². The molecule has 2 aromatic rings. The Morgan fingerprint density at radius 2 is 2.04 bits per heavy atom. The number of nitrogens with zero attached hydrogens (tertiary/aromatic N) is 2. The number of carbonyl (C=O) groups excluding carboxylic acids is 1. The minimum Gasteiger partial charge on any atom is -0.486 e. The maximum absolute atomic E-state index is 12.1. The van der Waals surface area contributed by atoms with Crippen molar-refractivity contribution < 1.29 is 14.3 Å². The molecule has 1 heterocycles. The molecule has 0 saturated heterocycles. The van der Waals surface area contributed by atoms with Crippen molar-refractivity contribution in [3.05, 3.63) is 57.9 Å². The van der Waals surface area contributed by atoms with Crippen LogP contribution in [0.2, 0.25) is 5.15 Å². The van der Waals surface area contributed by atoms with E-state index in [1.807, 2.05) is 36.4 Å². The van der Waals surface area contributed by atoms with Gasteiger partial charge in [0.1, 0.15) is 29.0 Å². The summed E-state index contributed by atoms with van der Waals surface area (Å²) in [5.74, 6) is -0.558. The van der Waals surface area contributed by atoms with E-state index >= 15 is 0 Å². The highest BCUT2D eigenvalue weighted by atomic mass is 35.5. The lowest BCUT2D eigenvalue weighted by molar-refractivity contribution is 0.0521. The van der Waals surface area contributed by atoms with Gasteiger partial charge < -0.3 is 9.47 Å². The summed E-state index contributed by atoms with van der Waals surface area (Å²) in [4.78, 5) is 16.2. The van der Waals surface area contributed by atoms with E-state index in [0.29, 0.717) is 5.69 Å². The summed E-state index contributed by atoms with van der Waals surface area (Å²) in [5.41, 5.74) is 1.45. The Bertz CT molecular complexity index is 755. The van der Waals surface area contributed by atoms with Gasteiger partial charge in [0.25, 0.3) is 0 Å². The zero-order valence-corrected chi connectivity index (χ0v) is 13.6. The Hall–Kier alpha value is -2.58. The second kappa shape index (κ2) is 7.61. The molecule has 0 radical (unpaired) electrons. The van der Waals surface area contributed by atoms with Crippen LogP contribution in [0.5, 0.6) is 5.75 Å². The molecule has 0 unspecified atom stereocenters. The largest absolute Gasteiger partial charge is 0.486 e. The van der Waals surface area contributed by atoms with Gasteiger partial charge in [0.2, 0.25) is 0 Å². The van der Waals surface area contributed by atoms with Crippen LogP contribution in [0.3, 0.4) is 0 Å². The minimum atomic E-state index is -0.662. The van der Waals surface area contributed by atoms with Crippen molar-refractivity contribution in [2.75, 3.05) is 6.61 Å². The molecule has 118 valence electrons. The molecule has 2 rings (SSSR count). The van der Waals surface area contributed by atoms with Crippen LogP contribution in [0.4, 0.5) is 0 Å². The molecule has 0 fully saturated rings. The van der Waals surface area contributed by atoms with E-state index in [9.17, 15) is 10.1 Å². The van der Waals surface area contributed by atoms with Crippen molar-refractivity contribution in [1.82, 2.24) is 4.98 Å². The molecule has 0 N–H and O–H groups in total. The molecule has 0 amide bonds. The second-order valence-corrected chi connectivity index (χ2v) is 5.03. The number of hydrogen-bond acceptors (Lipinski definition) is 5. The van der Waals surface area contributed by atoms with E-state index < -0.39 is 5.97 Å². The van der Waals surface area contributed by atoms with E-state index in [2.05, 4.69) is 4.98 Å². The number of halogens is 1. The summed E-state index contributed by atoms with van der Waals surface area (Å²) < 4.78 is 10.7. The van der Waals surface area contributed by atoms with Gasteiger partial charge >= 0.3 is 5.97 Å². The van der Waals surface area contributed by atoms with Crippen molar-refractivity contribution in [3.63, 3.8) is 0 Å². The lowest BCUT2D eigenvalue weighted by Crippen LogP contribution is -2.12. The lowest BCUT2D eigenvalue weighted by Gasteiger charge is -2.14. The highest BCUT2D eigenvalue weighted by Crippen LogP contribution is 2.32. The molecular weight excluding hydrogens is 316 g/mol. The highest BCUT2D eigenvalue weighted by Gasteiger charge is 2.25. The van der Waals surface area contributed by atoms with Gasteiger partial charge in [-0.05, 0) is 19.4 Å². The normalized spacial score (nSPS) is 10.0. The van der Waals surface area contributed by atoms with Crippen molar-refractivity contribution in [3.8, 4) is 11.8 Å². The molecular formula is C17H15ClN2O3. The topological polar surface area (TPSA) is 72.2 Å². The Balaban J connectivity index is 2.45. The smallest absolute Gasteiger partial charge is 0.345 e. The van der Waals surface area contributed by atoms with E-state index in [0.717, 1.165) is 5.56 Å². The zero-order chi connectivity index (χ0) is 16.8. The summed E-state index contributed by atoms with van der Waals surface area (Å²) in [7, 11) is 0. The van der Waals surface area contributed by atoms with Gasteiger partial charge in [-0.25, -0.2) is 9.78 Å². The third-order valence-electron chi connectivity index (χ3n) is 3.11. The van der Waals surface area contributed by atoms with Gasteiger partial charge in [-0.15, -0.1) is 0 Å². The van der Waals surface area contributed by atoms with E-state index in [1.165, 1.54) is 0 Å². The molecule has 1 aromatic heterocycles. The van der Waals surface area contributed by atoms with Crippen LogP contribution < -0.4 is 4.74 Å². The monoisotopic (exact) mass is 330 g/mol. The molecule has 0 spiro atoms. The predicted octanol–water partition coefficient (Wildman–Crippen LogP) is 3.67. The summed E-state index contributed by atoms with van der Waals surface area (Å²) >= 11 is 6.07. The zero-order valence-electron chi connectivity index (χ0n) is 12.8. The van der Waals surface area contributed by atoms with Crippen molar-refractivity contribution in [2.45, 2.75) is 20.5 Å². The number of aromatic nitrogens is 1. The fourth-order valence-corrected chi connectivity index (χ4v) is 2.32. The number of carbonyl (C=O) groups is 1. The molecule has 6 heteroatoms. The third-order valence-corrected chi connectivity index (χ3v) is 3.38. The van der Waals surface area contributed by atoms with Gasteiger partial charge in [-0.1, -0.05) is 41.9 Å². The molecule has 0 aliphatic heterocycles. The summed E-state index contributed by atoms with van der Waals surface area (Å²) in [6.07, 6.45) is 0. The van der Waals surface area contributed by atoms with Gasteiger partial charge in [-0.3, -0.25) is 0 Å². The first-order chi connectivity index (χ1) is 11.1. The van der Waals surface area contributed by atoms with Gasteiger partial charge in [0, 0.05) is 0 Å². The first-order valence-corrected chi connectivity index (χ1v) is 7.40. The average molecular weight is 331 g/mol. The number of pyridine rings is 1. The molecule has 0 aliphatic carbocycles. The summed E-state index contributed by atoms with van der Waals surface area (Å²) in [6.45, 7) is 3.70. The van der Waals surface area contributed by atoms with Crippen molar-refractivity contribution in [1.29, 1.82) is 5.26 Å². The summed E-state index contributed by atoms with van der Waals surface area (Å²) in [6, 6.07) is 11.4. The number of nitriles is 1. The first kappa shape index (κ1) is 16.8. The number of aryl methyl sites for hydroxylation is 1. The van der Waals surface area contributed by atoms with Crippen LogP contribution >= 0.6 is 11.6 Å². The van der Waals surface area contributed by atoms with Crippen molar-refractivity contribution in [2.24, 2.45) is 0 Å². The molecule has 5 nitrogen and oxygen atoms in total. The van der Waals surface area contributed by atoms with Crippen LogP contribution in [0.1, 0.15) is 34.1 Å². The fraction of sp³-hybridized carbons (Fsp3) is 0.235. The Morgan fingerprint density at radius 3 is 2.65 bits per heavy atom. The standard InChI is InChI=1S/C17H15ClN2O3/c1-3-22-17(21)14-15(13(9-19)11(2)20-16(14)18)23-10-12-7-5-4-6-8-12/h4-8H,3,10H2,1-2H3. The molecule has 0 saturated carbocycles. The van der Waals surface area contributed by atoms with Crippen LogP contribution in [0.15, 0.2) is 30.3 Å². The van der Waals surface area contributed by atoms with E-state index in [-0.39, 0.29) is 35.2 Å². The number of benzene rings is 1.